The maximum atomic E-state index is 12.9. The van der Waals surface area contributed by atoms with Gasteiger partial charge in [-0.15, -0.1) is 0 Å². The highest BCUT2D eigenvalue weighted by Gasteiger charge is 2.29. The number of carbonyl (C=O) groups is 3. The number of hydrogen-bond acceptors (Lipinski definition) is 4. The molecule has 8 heteroatoms. The molecule has 2 N–H and O–H groups in total. The predicted molar refractivity (Wildman–Crippen MR) is 123 cm³/mol. The Morgan fingerprint density at radius 2 is 1.61 bits per heavy atom. The fourth-order valence-electron chi connectivity index (χ4n) is 3.11. The van der Waals surface area contributed by atoms with Crippen molar-refractivity contribution < 1.29 is 14.4 Å². The SMILES string of the molecule is O=C(Nc1ccc(Sc2ccc(Br)cc2)cc1)c1ccccc1CN1C(=O)CNC1=O. The number of hydrogen-bond donors (Lipinski definition) is 2. The van der Waals surface area contributed by atoms with Gasteiger partial charge in [0.25, 0.3) is 5.91 Å². The average molecular weight is 496 g/mol. The Balaban J connectivity index is 1.44. The van der Waals surface area contributed by atoms with Crippen LogP contribution in [0.3, 0.4) is 0 Å². The molecule has 0 saturated carbocycles. The molecule has 1 heterocycles. The first-order valence-corrected chi connectivity index (χ1v) is 11.1. The maximum absolute atomic E-state index is 12.9. The van der Waals surface area contributed by atoms with Gasteiger partial charge in [-0.25, -0.2) is 4.79 Å². The normalized spacial score (nSPS) is 13.3. The number of urea groups is 1. The fourth-order valence-corrected chi connectivity index (χ4v) is 4.19. The number of nitrogens with zero attached hydrogens (tertiary/aromatic N) is 1. The van der Waals surface area contributed by atoms with E-state index >= 15 is 0 Å². The Bertz CT molecular complexity index is 1120. The van der Waals surface area contributed by atoms with Gasteiger partial charge in [0.05, 0.1) is 13.1 Å². The van der Waals surface area contributed by atoms with Crippen molar-refractivity contribution in [2.75, 3.05) is 11.9 Å². The summed E-state index contributed by atoms with van der Waals surface area (Å²) < 4.78 is 1.03. The Kier molecular flexibility index (Phi) is 6.39. The second-order valence-corrected chi connectivity index (χ2v) is 8.89. The zero-order valence-electron chi connectivity index (χ0n) is 16.3. The fraction of sp³-hybridized carbons (Fsp3) is 0.0870. The van der Waals surface area contributed by atoms with E-state index in [1.165, 1.54) is 0 Å². The van der Waals surface area contributed by atoms with E-state index in [9.17, 15) is 14.4 Å². The lowest BCUT2D eigenvalue weighted by atomic mass is 10.1. The summed E-state index contributed by atoms with van der Waals surface area (Å²) in [6.45, 7) is 0.0365. The summed E-state index contributed by atoms with van der Waals surface area (Å²) in [6.07, 6.45) is 0. The molecule has 3 aromatic carbocycles. The molecule has 0 atom stereocenters. The van der Waals surface area contributed by atoms with Gasteiger partial charge in [0.2, 0.25) is 5.91 Å². The van der Waals surface area contributed by atoms with E-state index in [4.69, 9.17) is 0 Å². The highest BCUT2D eigenvalue weighted by molar-refractivity contribution is 9.10. The van der Waals surface area contributed by atoms with E-state index in [1.54, 1.807) is 36.0 Å². The number of imide groups is 1. The third-order valence-corrected chi connectivity index (χ3v) is 6.23. The highest BCUT2D eigenvalue weighted by Crippen LogP contribution is 2.29. The molecular formula is C23H18BrN3O3S. The molecule has 0 aromatic heterocycles. The summed E-state index contributed by atoms with van der Waals surface area (Å²) in [5.41, 5.74) is 1.69. The van der Waals surface area contributed by atoms with Gasteiger partial charge in [-0.2, -0.15) is 0 Å². The number of amides is 4. The van der Waals surface area contributed by atoms with Gasteiger partial charge < -0.3 is 10.6 Å². The summed E-state index contributed by atoms with van der Waals surface area (Å²) in [5, 5.41) is 5.37. The molecule has 0 radical (unpaired) electrons. The van der Waals surface area contributed by atoms with Crippen molar-refractivity contribution in [1.82, 2.24) is 10.2 Å². The average Bonchev–Trinajstić information content (AvgIpc) is 3.09. The van der Waals surface area contributed by atoms with Crippen LogP contribution >= 0.6 is 27.7 Å². The van der Waals surface area contributed by atoms with Gasteiger partial charge in [0.1, 0.15) is 0 Å². The number of anilines is 1. The first-order valence-electron chi connectivity index (χ1n) is 9.50. The lowest BCUT2D eigenvalue weighted by Gasteiger charge is -2.15. The topological polar surface area (TPSA) is 78.5 Å². The Morgan fingerprint density at radius 3 is 2.26 bits per heavy atom. The van der Waals surface area contributed by atoms with E-state index in [1.807, 2.05) is 48.5 Å². The quantitative estimate of drug-likeness (QED) is 0.476. The zero-order valence-corrected chi connectivity index (χ0v) is 18.7. The largest absolute Gasteiger partial charge is 0.329 e. The number of halogens is 1. The smallest absolute Gasteiger partial charge is 0.324 e. The number of rotatable bonds is 6. The van der Waals surface area contributed by atoms with Crippen LogP contribution in [0.1, 0.15) is 15.9 Å². The van der Waals surface area contributed by atoms with Crippen LogP contribution in [0.2, 0.25) is 0 Å². The van der Waals surface area contributed by atoms with Crippen molar-refractivity contribution in [3.63, 3.8) is 0 Å². The molecule has 0 spiro atoms. The van der Waals surface area contributed by atoms with E-state index < -0.39 is 6.03 Å². The second kappa shape index (κ2) is 9.36. The van der Waals surface area contributed by atoms with Crippen molar-refractivity contribution in [3.8, 4) is 0 Å². The zero-order chi connectivity index (χ0) is 21.8. The summed E-state index contributed by atoms with van der Waals surface area (Å²) in [4.78, 5) is 39.8. The van der Waals surface area contributed by atoms with E-state index in [-0.39, 0.29) is 24.9 Å². The van der Waals surface area contributed by atoms with Crippen LogP contribution in [0.25, 0.3) is 0 Å². The van der Waals surface area contributed by atoms with Crippen molar-refractivity contribution in [3.05, 3.63) is 88.4 Å². The highest BCUT2D eigenvalue weighted by atomic mass is 79.9. The maximum Gasteiger partial charge on any atom is 0.324 e. The molecule has 156 valence electrons. The summed E-state index contributed by atoms with van der Waals surface area (Å²) in [7, 11) is 0. The van der Waals surface area contributed by atoms with Gasteiger partial charge >= 0.3 is 6.03 Å². The van der Waals surface area contributed by atoms with Gasteiger partial charge in [0.15, 0.2) is 0 Å². The molecule has 1 saturated heterocycles. The van der Waals surface area contributed by atoms with Gasteiger partial charge in [-0.05, 0) is 60.2 Å². The van der Waals surface area contributed by atoms with Crippen LogP contribution in [-0.2, 0) is 11.3 Å². The van der Waals surface area contributed by atoms with Crippen LogP contribution in [0, 0.1) is 0 Å². The minimum absolute atomic E-state index is 0.0161. The van der Waals surface area contributed by atoms with Crippen molar-refractivity contribution in [2.24, 2.45) is 0 Å². The molecule has 31 heavy (non-hydrogen) atoms. The lowest BCUT2D eigenvalue weighted by Crippen LogP contribution is -2.31. The van der Waals surface area contributed by atoms with Crippen molar-refractivity contribution in [1.29, 1.82) is 0 Å². The van der Waals surface area contributed by atoms with Crippen LogP contribution in [-0.4, -0.2) is 29.3 Å². The Labute approximate surface area is 192 Å². The van der Waals surface area contributed by atoms with Gasteiger partial charge in [0, 0.05) is 25.5 Å². The van der Waals surface area contributed by atoms with E-state index in [0.717, 1.165) is 19.2 Å². The minimum Gasteiger partial charge on any atom is -0.329 e. The summed E-state index contributed by atoms with van der Waals surface area (Å²) in [6, 6.07) is 22.1. The standard InChI is InChI=1S/C23H18BrN3O3S/c24-16-5-9-18(10-6-16)31-19-11-7-17(8-12-19)26-22(29)20-4-2-1-3-15(20)14-27-21(28)13-25-23(27)30/h1-12H,13-14H2,(H,25,30)(H,26,29). The molecule has 0 unspecified atom stereocenters. The number of benzene rings is 3. The first kappa shape index (κ1) is 21.1. The second-order valence-electron chi connectivity index (χ2n) is 6.83. The lowest BCUT2D eigenvalue weighted by molar-refractivity contribution is -0.125. The number of nitrogens with one attached hydrogen (secondary N) is 2. The molecule has 0 aliphatic carbocycles. The Hall–Kier alpha value is -3.10. The predicted octanol–water partition coefficient (Wildman–Crippen LogP) is 4.90. The molecule has 0 bridgehead atoms. The van der Waals surface area contributed by atoms with E-state index in [2.05, 4.69) is 26.6 Å². The first-order chi connectivity index (χ1) is 15.0. The Morgan fingerprint density at radius 1 is 0.968 bits per heavy atom. The van der Waals surface area contributed by atoms with E-state index in [0.29, 0.717) is 16.8 Å². The minimum atomic E-state index is -0.445. The van der Waals surface area contributed by atoms with Crippen molar-refractivity contribution in [2.45, 2.75) is 16.3 Å². The molecule has 6 nitrogen and oxygen atoms in total. The molecule has 1 aliphatic heterocycles. The van der Waals surface area contributed by atoms with Crippen LogP contribution in [0.5, 0.6) is 0 Å². The summed E-state index contributed by atoms with van der Waals surface area (Å²) >= 11 is 5.06. The van der Waals surface area contributed by atoms with Crippen LogP contribution in [0.15, 0.2) is 87.1 Å². The molecule has 1 aliphatic rings. The molecule has 4 rings (SSSR count). The summed E-state index contributed by atoms with van der Waals surface area (Å²) in [5.74, 6) is -0.602. The van der Waals surface area contributed by atoms with Crippen molar-refractivity contribution >= 4 is 51.2 Å². The number of carbonyl (C=O) groups excluding carboxylic acids is 3. The third kappa shape index (κ3) is 5.15. The molecular weight excluding hydrogens is 478 g/mol. The monoisotopic (exact) mass is 495 g/mol. The third-order valence-electron chi connectivity index (χ3n) is 4.69. The van der Waals surface area contributed by atoms with Gasteiger partial charge in [-0.3, -0.25) is 14.5 Å². The molecule has 3 aromatic rings. The van der Waals surface area contributed by atoms with Crippen LogP contribution in [0.4, 0.5) is 10.5 Å². The van der Waals surface area contributed by atoms with Crippen LogP contribution < -0.4 is 10.6 Å². The van der Waals surface area contributed by atoms with Gasteiger partial charge in [-0.1, -0.05) is 45.9 Å². The molecule has 1 fully saturated rings. The molecule has 4 amide bonds.